The predicted molar refractivity (Wildman–Crippen MR) is 39.5 cm³/mol. The van der Waals surface area contributed by atoms with Crippen LogP contribution in [0.2, 0.25) is 0 Å². The van der Waals surface area contributed by atoms with Crippen LogP contribution >= 0.6 is 0 Å². The van der Waals surface area contributed by atoms with E-state index in [2.05, 4.69) is 6.58 Å². The molecule has 0 fully saturated rings. The minimum absolute atomic E-state index is 0.0904. The molecular weight excluding hydrogens is 130 g/mol. The Morgan fingerprint density at radius 3 is 2.60 bits per heavy atom. The highest BCUT2D eigenvalue weighted by Gasteiger charge is 2.07. The molecule has 0 aliphatic carbocycles. The van der Waals surface area contributed by atoms with Gasteiger partial charge in [0.05, 0.1) is 12.5 Å². The van der Waals surface area contributed by atoms with Gasteiger partial charge >= 0.3 is 0 Å². The SMILES string of the molecule is C=CC(O)CC(=O)N(C)C. The van der Waals surface area contributed by atoms with Crippen molar-refractivity contribution in [3.05, 3.63) is 12.7 Å². The largest absolute Gasteiger partial charge is 0.389 e. The molecule has 1 atom stereocenters. The lowest BCUT2D eigenvalue weighted by molar-refractivity contribution is -0.130. The molecule has 58 valence electrons. The molecule has 1 unspecified atom stereocenters. The van der Waals surface area contributed by atoms with Crippen LogP contribution in [-0.4, -0.2) is 36.1 Å². The lowest BCUT2D eigenvalue weighted by Crippen LogP contribution is -2.25. The van der Waals surface area contributed by atoms with Crippen LogP contribution in [0, 0.1) is 0 Å². The third-order valence-electron chi connectivity index (χ3n) is 1.15. The lowest BCUT2D eigenvalue weighted by Gasteiger charge is -2.11. The zero-order valence-corrected chi connectivity index (χ0v) is 6.37. The molecule has 0 aromatic carbocycles. The molecule has 1 N–H and O–H groups in total. The van der Waals surface area contributed by atoms with Crippen molar-refractivity contribution in [2.75, 3.05) is 14.1 Å². The third-order valence-corrected chi connectivity index (χ3v) is 1.15. The van der Waals surface area contributed by atoms with E-state index in [-0.39, 0.29) is 12.3 Å². The van der Waals surface area contributed by atoms with Gasteiger partial charge in [-0.3, -0.25) is 4.79 Å². The number of hydrogen-bond donors (Lipinski definition) is 1. The van der Waals surface area contributed by atoms with E-state index in [0.717, 1.165) is 0 Å². The van der Waals surface area contributed by atoms with E-state index < -0.39 is 6.10 Å². The van der Waals surface area contributed by atoms with Gasteiger partial charge in [-0.25, -0.2) is 0 Å². The molecule has 3 heteroatoms. The molecule has 0 radical (unpaired) electrons. The molecule has 0 rings (SSSR count). The standard InChI is InChI=1S/C7H13NO2/c1-4-6(9)5-7(10)8(2)3/h4,6,9H,1,5H2,2-3H3. The smallest absolute Gasteiger partial charge is 0.224 e. The van der Waals surface area contributed by atoms with E-state index in [9.17, 15) is 4.79 Å². The number of hydrogen-bond acceptors (Lipinski definition) is 2. The fourth-order valence-corrected chi connectivity index (χ4v) is 0.445. The molecular formula is C7H13NO2. The van der Waals surface area contributed by atoms with Crippen molar-refractivity contribution >= 4 is 5.91 Å². The quantitative estimate of drug-likeness (QED) is 0.565. The van der Waals surface area contributed by atoms with Gasteiger partial charge in [0, 0.05) is 14.1 Å². The van der Waals surface area contributed by atoms with Gasteiger partial charge in [0.2, 0.25) is 5.91 Å². The number of carbonyl (C=O) groups excluding carboxylic acids is 1. The fourth-order valence-electron chi connectivity index (χ4n) is 0.445. The van der Waals surface area contributed by atoms with Gasteiger partial charge in [0.15, 0.2) is 0 Å². The van der Waals surface area contributed by atoms with Crippen molar-refractivity contribution < 1.29 is 9.90 Å². The summed E-state index contributed by atoms with van der Waals surface area (Å²) in [6.07, 6.45) is 0.757. The van der Waals surface area contributed by atoms with Crippen molar-refractivity contribution in [1.82, 2.24) is 4.90 Å². The number of carbonyl (C=O) groups is 1. The molecule has 0 bridgehead atoms. The van der Waals surface area contributed by atoms with Gasteiger partial charge in [-0.1, -0.05) is 6.08 Å². The van der Waals surface area contributed by atoms with E-state index in [0.29, 0.717) is 0 Å². The summed E-state index contributed by atoms with van der Waals surface area (Å²) in [4.78, 5) is 12.3. The van der Waals surface area contributed by atoms with E-state index >= 15 is 0 Å². The monoisotopic (exact) mass is 143 g/mol. The predicted octanol–water partition coefficient (Wildman–Crippen LogP) is 0.0116. The number of nitrogens with zero attached hydrogens (tertiary/aromatic N) is 1. The Morgan fingerprint density at radius 1 is 1.80 bits per heavy atom. The highest BCUT2D eigenvalue weighted by molar-refractivity contribution is 5.76. The van der Waals surface area contributed by atoms with Crippen LogP contribution in [0.4, 0.5) is 0 Å². The average Bonchev–Trinajstić information content (AvgIpc) is 1.87. The first-order valence-corrected chi connectivity index (χ1v) is 3.08. The summed E-state index contributed by atoms with van der Waals surface area (Å²) >= 11 is 0. The minimum atomic E-state index is -0.713. The van der Waals surface area contributed by atoms with Crippen molar-refractivity contribution in [1.29, 1.82) is 0 Å². The van der Waals surface area contributed by atoms with Crippen molar-refractivity contribution in [2.24, 2.45) is 0 Å². The zero-order valence-electron chi connectivity index (χ0n) is 6.37. The van der Waals surface area contributed by atoms with Crippen LogP contribution in [0.3, 0.4) is 0 Å². The second-order valence-corrected chi connectivity index (χ2v) is 2.30. The molecule has 0 aliphatic rings. The van der Waals surface area contributed by atoms with Gasteiger partial charge in [0.25, 0.3) is 0 Å². The average molecular weight is 143 g/mol. The van der Waals surface area contributed by atoms with Gasteiger partial charge in [-0.05, 0) is 0 Å². The molecule has 3 nitrogen and oxygen atoms in total. The Balaban J connectivity index is 3.68. The Kier molecular flexibility index (Phi) is 3.72. The first-order valence-electron chi connectivity index (χ1n) is 3.08. The number of aliphatic hydroxyl groups excluding tert-OH is 1. The Morgan fingerprint density at radius 2 is 2.30 bits per heavy atom. The van der Waals surface area contributed by atoms with E-state index in [1.807, 2.05) is 0 Å². The van der Waals surface area contributed by atoms with Gasteiger partial charge in [-0.2, -0.15) is 0 Å². The summed E-state index contributed by atoms with van der Waals surface area (Å²) in [7, 11) is 3.30. The topological polar surface area (TPSA) is 40.5 Å². The molecule has 0 aliphatic heterocycles. The maximum absolute atomic E-state index is 10.8. The van der Waals surface area contributed by atoms with Gasteiger partial charge in [-0.15, -0.1) is 6.58 Å². The summed E-state index contributed by atoms with van der Waals surface area (Å²) in [5.41, 5.74) is 0. The normalized spacial score (nSPS) is 12.3. The van der Waals surface area contributed by atoms with Gasteiger partial charge < -0.3 is 10.0 Å². The Labute approximate surface area is 61.0 Å². The molecule has 0 aromatic heterocycles. The molecule has 0 saturated heterocycles. The van der Waals surface area contributed by atoms with E-state index in [1.54, 1.807) is 14.1 Å². The number of rotatable bonds is 3. The van der Waals surface area contributed by atoms with Crippen LogP contribution in [-0.2, 0) is 4.79 Å². The first kappa shape index (κ1) is 9.17. The summed E-state index contributed by atoms with van der Waals surface area (Å²) in [6.45, 7) is 3.35. The summed E-state index contributed by atoms with van der Waals surface area (Å²) in [6, 6.07) is 0. The lowest BCUT2D eigenvalue weighted by atomic mass is 10.2. The fraction of sp³-hybridized carbons (Fsp3) is 0.571. The minimum Gasteiger partial charge on any atom is -0.389 e. The second-order valence-electron chi connectivity index (χ2n) is 2.30. The summed E-state index contributed by atoms with van der Waals surface area (Å²) in [5, 5.41) is 8.91. The van der Waals surface area contributed by atoms with Crippen molar-refractivity contribution in [3.8, 4) is 0 Å². The molecule has 0 saturated carbocycles. The summed E-state index contributed by atoms with van der Waals surface area (Å²) < 4.78 is 0. The number of aliphatic hydroxyl groups is 1. The maximum Gasteiger partial charge on any atom is 0.224 e. The summed E-state index contributed by atoms with van der Waals surface area (Å²) in [5.74, 6) is -0.0904. The van der Waals surface area contributed by atoms with Crippen LogP contribution < -0.4 is 0 Å². The molecule has 0 heterocycles. The molecule has 1 amide bonds. The second kappa shape index (κ2) is 4.06. The van der Waals surface area contributed by atoms with Crippen LogP contribution in [0.25, 0.3) is 0 Å². The molecule has 0 spiro atoms. The van der Waals surface area contributed by atoms with Crippen LogP contribution in [0.1, 0.15) is 6.42 Å². The molecule has 10 heavy (non-hydrogen) atoms. The van der Waals surface area contributed by atoms with Crippen molar-refractivity contribution in [3.63, 3.8) is 0 Å². The van der Waals surface area contributed by atoms with E-state index in [1.165, 1.54) is 11.0 Å². The van der Waals surface area contributed by atoms with Gasteiger partial charge in [0.1, 0.15) is 0 Å². The highest BCUT2D eigenvalue weighted by Crippen LogP contribution is 1.94. The molecule has 0 aromatic rings. The Hall–Kier alpha value is -0.830. The van der Waals surface area contributed by atoms with Crippen LogP contribution in [0.15, 0.2) is 12.7 Å². The maximum atomic E-state index is 10.8. The third kappa shape index (κ3) is 3.25. The number of amides is 1. The highest BCUT2D eigenvalue weighted by atomic mass is 16.3. The Bertz CT molecular complexity index is 132. The first-order chi connectivity index (χ1) is 4.57. The zero-order chi connectivity index (χ0) is 8.15. The van der Waals surface area contributed by atoms with Crippen molar-refractivity contribution in [2.45, 2.75) is 12.5 Å². The van der Waals surface area contributed by atoms with Crippen LogP contribution in [0.5, 0.6) is 0 Å². The van der Waals surface area contributed by atoms with E-state index in [4.69, 9.17) is 5.11 Å².